The van der Waals surface area contributed by atoms with Crippen LogP contribution in [0, 0.1) is 6.92 Å². The molecule has 1 aliphatic heterocycles. The molecule has 4 nitrogen and oxygen atoms in total. The van der Waals surface area contributed by atoms with Crippen molar-refractivity contribution in [3.05, 3.63) is 29.3 Å². The van der Waals surface area contributed by atoms with Crippen molar-refractivity contribution >= 4 is 11.7 Å². The van der Waals surface area contributed by atoms with Gasteiger partial charge >= 0.3 is 5.97 Å². The third kappa shape index (κ3) is 3.07. The van der Waals surface area contributed by atoms with Gasteiger partial charge in [0.15, 0.2) is 0 Å². The molecule has 1 aromatic carbocycles. The molecule has 1 N–H and O–H groups in total. The summed E-state index contributed by atoms with van der Waals surface area (Å²) < 4.78 is 0. The van der Waals surface area contributed by atoms with Gasteiger partial charge in [0.2, 0.25) is 0 Å². The molecule has 0 unspecified atom stereocenters. The van der Waals surface area contributed by atoms with Gasteiger partial charge in [-0.05, 0) is 38.5 Å². The number of rotatable bonds is 3. The van der Waals surface area contributed by atoms with E-state index < -0.39 is 5.97 Å². The molecule has 0 aliphatic carbocycles. The average Bonchev–Trinajstić information content (AvgIpc) is 2.39. The van der Waals surface area contributed by atoms with Crippen molar-refractivity contribution in [3.63, 3.8) is 0 Å². The molecule has 0 atom stereocenters. The van der Waals surface area contributed by atoms with E-state index in [1.165, 1.54) is 0 Å². The summed E-state index contributed by atoms with van der Waals surface area (Å²) in [5.41, 5.74) is 2.24. The number of carboxylic acids is 1. The molecule has 2 rings (SSSR count). The predicted octanol–water partition coefficient (Wildman–Crippen LogP) is 2.22. The lowest BCUT2D eigenvalue weighted by Gasteiger charge is -2.38. The quantitative estimate of drug-likeness (QED) is 0.907. The molecule has 0 spiro atoms. The zero-order valence-corrected chi connectivity index (χ0v) is 11.9. The van der Waals surface area contributed by atoms with Crippen LogP contribution in [0.5, 0.6) is 0 Å². The van der Waals surface area contributed by atoms with Crippen molar-refractivity contribution in [2.45, 2.75) is 26.8 Å². The number of hydrogen-bond acceptors (Lipinski definition) is 3. The van der Waals surface area contributed by atoms with E-state index in [1.54, 1.807) is 6.07 Å². The van der Waals surface area contributed by atoms with Gasteiger partial charge in [0.25, 0.3) is 0 Å². The number of aryl methyl sites for hydroxylation is 1. The minimum absolute atomic E-state index is 0.406. The molecule has 0 saturated carbocycles. The van der Waals surface area contributed by atoms with E-state index in [0.29, 0.717) is 11.6 Å². The van der Waals surface area contributed by atoms with Gasteiger partial charge < -0.3 is 10.0 Å². The molecule has 0 radical (unpaired) electrons. The maximum absolute atomic E-state index is 11.2. The zero-order chi connectivity index (χ0) is 14.0. The Labute approximate surface area is 114 Å². The van der Waals surface area contributed by atoms with Crippen molar-refractivity contribution in [1.29, 1.82) is 0 Å². The minimum atomic E-state index is -0.847. The smallest absolute Gasteiger partial charge is 0.336 e. The third-order valence-electron chi connectivity index (χ3n) is 3.86. The number of carbonyl (C=O) groups is 1. The second-order valence-electron chi connectivity index (χ2n) is 5.42. The van der Waals surface area contributed by atoms with Gasteiger partial charge in [0.05, 0.1) is 5.56 Å². The molecule has 104 valence electrons. The number of piperazine rings is 1. The Bertz CT molecular complexity index is 463. The maximum Gasteiger partial charge on any atom is 0.336 e. The van der Waals surface area contributed by atoms with Gasteiger partial charge in [-0.15, -0.1) is 0 Å². The summed E-state index contributed by atoms with van der Waals surface area (Å²) in [7, 11) is 0. The number of carboxylic acid groups (broad SMARTS) is 1. The Hall–Kier alpha value is -1.55. The van der Waals surface area contributed by atoms with Crippen LogP contribution in [0.4, 0.5) is 5.69 Å². The molecular formula is C15H22N2O2. The van der Waals surface area contributed by atoms with Gasteiger partial charge in [0.1, 0.15) is 0 Å². The first-order valence-corrected chi connectivity index (χ1v) is 6.82. The summed E-state index contributed by atoms with van der Waals surface area (Å²) in [6, 6.07) is 6.29. The number of benzene rings is 1. The fourth-order valence-corrected chi connectivity index (χ4v) is 2.53. The van der Waals surface area contributed by atoms with E-state index in [-0.39, 0.29) is 0 Å². The Morgan fingerprint density at radius 2 is 1.84 bits per heavy atom. The van der Waals surface area contributed by atoms with Gasteiger partial charge in [-0.1, -0.05) is 6.07 Å². The topological polar surface area (TPSA) is 43.8 Å². The van der Waals surface area contributed by atoms with Crippen LogP contribution < -0.4 is 4.90 Å². The summed E-state index contributed by atoms with van der Waals surface area (Å²) in [5, 5.41) is 9.18. The van der Waals surface area contributed by atoms with Crippen LogP contribution >= 0.6 is 0 Å². The molecule has 0 amide bonds. The SMILES string of the molecule is Cc1ccc(N2CCN(C(C)C)CC2)cc1C(=O)O. The lowest BCUT2D eigenvalue weighted by atomic mass is 10.1. The molecule has 1 saturated heterocycles. The molecule has 4 heteroatoms. The Morgan fingerprint density at radius 3 is 2.37 bits per heavy atom. The van der Waals surface area contributed by atoms with E-state index >= 15 is 0 Å². The highest BCUT2D eigenvalue weighted by Crippen LogP contribution is 2.21. The number of aromatic carboxylic acids is 1. The molecule has 0 aromatic heterocycles. The minimum Gasteiger partial charge on any atom is -0.478 e. The predicted molar refractivity (Wildman–Crippen MR) is 77.1 cm³/mol. The number of hydrogen-bond donors (Lipinski definition) is 1. The van der Waals surface area contributed by atoms with E-state index in [2.05, 4.69) is 23.6 Å². The fourth-order valence-electron chi connectivity index (χ4n) is 2.53. The monoisotopic (exact) mass is 262 g/mol. The Kier molecular flexibility index (Phi) is 4.10. The first-order chi connectivity index (χ1) is 8.99. The second kappa shape index (κ2) is 5.61. The van der Waals surface area contributed by atoms with E-state index in [1.807, 2.05) is 19.1 Å². The van der Waals surface area contributed by atoms with E-state index in [9.17, 15) is 9.90 Å². The average molecular weight is 262 g/mol. The number of nitrogens with zero attached hydrogens (tertiary/aromatic N) is 2. The van der Waals surface area contributed by atoms with Crippen LogP contribution in [0.3, 0.4) is 0 Å². The lowest BCUT2D eigenvalue weighted by Crippen LogP contribution is -2.48. The molecule has 1 aromatic rings. The Balaban J connectivity index is 2.12. The third-order valence-corrected chi connectivity index (χ3v) is 3.86. The van der Waals surface area contributed by atoms with Crippen LogP contribution in [0.1, 0.15) is 29.8 Å². The van der Waals surface area contributed by atoms with Crippen molar-refractivity contribution in [2.24, 2.45) is 0 Å². The molecule has 1 fully saturated rings. The van der Waals surface area contributed by atoms with E-state index in [4.69, 9.17) is 0 Å². The lowest BCUT2D eigenvalue weighted by molar-refractivity contribution is 0.0696. The van der Waals surface area contributed by atoms with Gasteiger partial charge in [-0.25, -0.2) is 4.79 Å². The van der Waals surface area contributed by atoms with Crippen molar-refractivity contribution in [2.75, 3.05) is 31.1 Å². The van der Waals surface area contributed by atoms with Crippen molar-refractivity contribution in [3.8, 4) is 0 Å². The largest absolute Gasteiger partial charge is 0.478 e. The molecule has 1 heterocycles. The van der Waals surface area contributed by atoms with Crippen molar-refractivity contribution < 1.29 is 9.90 Å². The van der Waals surface area contributed by atoms with Gasteiger partial charge in [-0.2, -0.15) is 0 Å². The summed E-state index contributed by atoms with van der Waals surface area (Å²) in [5.74, 6) is -0.847. The molecule has 0 bridgehead atoms. The molecule has 1 aliphatic rings. The summed E-state index contributed by atoms with van der Waals surface area (Å²) in [6.45, 7) is 10.3. The Morgan fingerprint density at radius 1 is 1.21 bits per heavy atom. The van der Waals surface area contributed by atoms with Crippen LogP contribution in [0.2, 0.25) is 0 Å². The van der Waals surface area contributed by atoms with Gasteiger partial charge in [-0.3, -0.25) is 4.90 Å². The summed E-state index contributed by atoms with van der Waals surface area (Å²) >= 11 is 0. The van der Waals surface area contributed by atoms with Crippen LogP contribution in [0.15, 0.2) is 18.2 Å². The molecular weight excluding hydrogens is 240 g/mol. The zero-order valence-electron chi connectivity index (χ0n) is 11.9. The maximum atomic E-state index is 11.2. The summed E-state index contributed by atoms with van der Waals surface area (Å²) in [6.07, 6.45) is 0. The number of anilines is 1. The second-order valence-corrected chi connectivity index (χ2v) is 5.42. The first-order valence-electron chi connectivity index (χ1n) is 6.82. The van der Waals surface area contributed by atoms with Crippen LogP contribution in [-0.4, -0.2) is 48.2 Å². The molecule has 19 heavy (non-hydrogen) atoms. The normalized spacial score (nSPS) is 16.9. The van der Waals surface area contributed by atoms with Gasteiger partial charge in [0, 0.05) is 37.9 Å². The van der Waals surface area contributed by atoms with Crippen LogP contribution in [-0.2, 0) is 0 Å². The van der Waals surface area contributed by atoms with Crippen LogP contribution in [0.25, 0.3) is 0 Å². The van der Waals surface area contributed by atoms with Crippen molar-refractivity contribution in [1.82, 2.24) is 4.90 Å². The standard InChI is InChI=1S/C15H22N2O2/c1-11(2)16-6-8-17(9-7-16)13-5-4-12(3)14(10-13)15(18)19/h4-5,10-11H,6-9H2,1-3H3,(H,18,19). The highest BCUT2D eigenvalue weighted by molar-refractivity contribution is 5.90. The summed E-state index contributed by atoms with van der Waals surface area (Å²) in [4.78, 5) is 15.9. The highest BCUT2D eigenvalue weighted by atomic mass is 16.4. The first kappa shape index (κ1) is 13.9. The van der Waals surface area contributed by atoms with E-state index in [0.717, 1.165) is 37.4 Å². The fraction of sp³-hybridized carbons (Fsp3) is 0.533. The highest BCUT2D eigenvalue weighted by Gasteiger charge is 2.20.